The van der Waals surface area contributed by atoms with Gasteiger partial charge in [-0.3, -0.25) is 0 Å². The Bertz CT molecular complexity index is 2310. The van der Waals surface area contributed by atoms with Crippen LogP contribution in [0.2, 0.25) is 0 Å². The first-order valence-electron chi connectivity index (χ1n) is 18.2. The first-order valence-corrected chi connectivity index (χ1v) is 20.9. The molecule has 0 saturated carbocycles. The lowest BCUT2D eigenvalue weighted by Crippen LogP contribution is -2.24. The first-order chi connectivity index (χ1) is 26.8. The number of para-hydroxylation sites is 1. The largest absolute Gasteiger partial charge is 0.485 e. The van der Waals surface area contributed by atoms with Crippen molar-refractivity contribution in [3.63, 3.8) is 0 Å². The van der Waals surface area contributed by atoms with E-state index >= 15 is 0 Å². The summed E-state index contributed by atoms with van der Waals surface area (Å²) in [6.45, 7) is 0.811. The maximum Gasteiger partial charge on any atom is 0.169 e. The van der Waals surface area contributed by atoms with Gasteiger partial charge in [-0.2, -0.15) is 0 Å². The van der Waals surface area contributed by atoms with Crippen LogP contribution in [-0.2, 0) is 13.2 Å². The van der Waals surface area contributed by atoms with E-state index in [-0.39, 0.29) is 0 Å². The molecule has 8 rings (SSSR count). The van der Waals surface area contributed by atoms with Gasteiger partial charge in [-0.1, -0.05) is 212 Å². The molecule has 54 heavy (non-hydrogen) atoms. The summed E-state index contributed by atoms with van der Waals surface area (Å²) in [5.41, 5.74) is 4.41. The molecule has 4 heteroatoms. The number of ether oxygens (including phenoxy) is 2. The molecule has 0 heterocycles. The number of hydrogen-bond donors (Lipinski definition) is 0. The Morgan fingerprint density at radius 2 is 0.685 bits per heavy atom. The van der Waals surface area contributed by atoms with E-state index in [0.717, 1.165) is 33.8 Å². The fourth-order valence-electron chi connectivity index (χ4n) is 6.79. The molecule has 8 aromatic rings. The number of benzene rings is 8. The second-order valence-corrected chi connectivity index (χ2v) is 17.2. The first kappa shape index (κ1) is 35.3. The third kappa shape index (κ3) is 8.07. The zero-order valence-electron chi connectivity index (χ0n) is 29.9. The van der Waals surface area contributed by atoms with Crippen molar-refractivity contribution >= 4 is 47.7 Å². The smallest absolute Gasteiger partial charge is 0.169 e. The van der Waals surface area contributed by atoms with Gasteiger partial charge in [0.1, 0.15) is 13.2 Å². The standard InChI is InChI=1S/C50H40O2P2/c1-6-21-39(22-7-1)46-33-20-34-47(51-37-40-23-16-18-35-48(40)53(42-25-8-2-9-26-42)43-27-10-3-11-28-43)50(46)52-38-41-24-17-19-36-49(41)54(44-29-12-4-13-30-44)45-31-14-5-15-32-45/h1-36H,37-38H2. The lowest BCUT2D eigenvalue weighted by molar-refractivity contribution is 0.258. The summed E-state index contributed by atoms with van der Waals surface area (Å²) in [5.74, 6) is 1.47. The Kier molecular flexibility index (Phi) is 11.3. The molecule has 0 saturated heterocycles. The molecular formula is C50H40O2P2. The fourth-order valence-corrected chi connectivity index (χ4v) is 11.7. The normalized spacial score (nSPS) is 11.1. The van der Waals surface area contributed by atoms with Crippen molar-refractivity contribution in [2.24, 2.45) is 0 Å². The van der Waals surface area contributed by atoms with Crippen molar-refractivity contribution in [1.29, 1.82) is 0 Å². The molecular weight excluding hydrogens is 694 g/mol. The van der Waals surface area contributed by atoms with E-state index < -0.39 is 15.8 Å². The highest BCUT2D eigenvalue weighted by Crippen LogP contribution is 2.41. The summed E-state index contributed by atoms with van der Waals surface area (Å²) in [5, 5.41) is 7.81. The maximum absolute atomic E-state index is 6.97. The Morgan fingerprint density at radius 1 is 0.315 bits per heavy atom. The van der Waals surface area contributed by atoms with E-state index in [2.05, 4.69) is 206 Å². The van der Waals surface area contributed by atoms with Crippen LogP contribution in [0.5, 0.6) is 11.5 Å². The maximum atomic E-state index is 6.97. The molecule has 0 aliphatic heterocycles. The predicted molar refractivity (Wildman–Crippen MR) is 231 cm³/mol. The molecule has 0 atom stereocenters. The highest BCUT2D eigenvalue weighted by Gasteiger charge is 2.22. The molecule has 262 valence electrons. The van der Waals surface area contributed by atoms with E-state index in [1.807, 2.05) is 12.1 Å². The van der Waals surface area contributed by atoms with Crippen LogP contribution in [0.1, 0.15) is 11.1 Å². The number of rotatable bonds is 13. The van der Waals surface area contributed by atoms with Gasteiger partial charge in [0.05, 0.1) is 0 Å². The monoisotopic (exact) mass is 734 g/mol. The number of hydrogen-bond acceptors (Lipinski definition) is 2. The van der Waals surface area contributed by atoms with Crippen molar-refractivity contribution in [2.75, 3.05) is 0 Å². The van der Waals surface area contributed by atoms with Gasteiger partial charge >= 0.3 is 0 Å². The Hall–Kier alpha value is -5.78. The third-order valence-electron chi connectivity index (χ3n) is 9.34. The minimum atomic E-state index is -0.801. The fraction of sp³-hybridized carbons (Fsp3) is 0.0400. The molecule has 0 bridgehead atoms. The molecule has 0 spiro atoms. The van der Waals surface area contributed by atoms with Crippen LogP contribution in [0, 0.1) is 0 Å². The summed E-state index contributed by atoms with van der Waals surface area (Å²) < 4.78 is 13.8. The minimum Gasteiger partial charge on any atom is -0.485 e. The minimum absolute atomic E-state index is 0.402. The van der Waals surface area contributed by atoms with Gasteiger partial charge in [0, 0.05) is 5.56 Å². The molecule has 0 amide bonds. The lowest BCUT2D eigenvalue weighted by atomic mass is 10.0. The zero-order chi connectivity index (χ0) is 36.4. The second kappa shape index (κ2) is 17.4. The van der Waals surface area contributed by atoms with Crippen LogP contribution >= 0.6 is 15.8 Å². The highest BCUT2D eigenvalue weighted by atomic mass is 31.1. The topological polar surface area (TPSA) is 18.5 Å². The highest BCUT2D eigenvalue weighted by molar-refractivity contribution is 7.80. The molecule has 2 nitrogen and oxygen atoms in total. The van der Waals surface area contributed by atoms with Crippen molar-refractivity contribution in [3.8, 4) is 22.6 Å². The molecule has 0 radical (unpaired) electrons. The van der Waals surface area contributed by atoms with Gasteiger partial charge < -0.3 is 9.47 Å². The molecule has 0 aliphatic rings. The van der Waals surface area contributed by atoms with Gasteiger partial charge in [0.25, 0.3) is 0 Å². The molecule has 0 N–H and O–H groups in total. The van der Waals surface area contributed by atoms with E-state index in [1.54, 1.807) is 0 Å². The molecule has 0 fully saturated rings. The van der Waals surface area contributed by atoms with Crippen LogP contribution < -0.4 is 41.3 Å². The van der Waals surface area contributed by atoms with Crippen LogP contribution in [0.15, 0.2) is 218 Å². The predicted octanol–water partition coefficient (Wildman–Crippen LogP) is 10.0. The van der Waals surface area contributed by atoms with Gasteiger partial charge in [0.15, 0.2) is 11.5 Å². The Morgan fingerprint density at radius 3 is 1.13 bits per heavy atom. The summed E-state index contributed by atoms with van der Waals surface area (Å²) >= 11 is 0. The van der Waals surface area contributed by atoms with Gasteiger partial charge in [-0.15, -0.1) is 0 Å². The SMILES string of the molecule is c1ccc(-c2cccc(OCc3ccccc3P(c3ccccc3)c3ccccc3)c2OCc2ccccc2P(c2ccccc2)c2ccccc2)cc1. The summed E-state index contributed by atoms with van der Waals surface area (Å²) in [6, 6.07) is 77.4. The lowest BCUT2D eigenvalue weighted by Gasteiger charge is -2.24. The van der Waals surface area contributed by atoms with Crippen molar-refractivity contribution in [2.45, 2.75) is 13.2 Å². The van der Waals surface area contributed by atoms with Crippen LogP contribution in [0.3, 0.4) is 0 Å². The second-order valence-electron chi connectivity index (χ2n) is 12.8. The quantitative estimate of drug-likeness (QED) is 0.110. The Labute approximate surface area is 321 Å². The molecule has 0 unspecified atom stereocenters. The van der Waals surface area contributed by atoms with Crippen LogP contribution in [0.4, 0.5) is 0 Å². The average Bonchev–Trinajstić information content (AvgIpc) is 3.25. The van der Waals surface area contributed by atoms with Crippen molar-refractivity contribution in [1.82, 2.24) is 0 Å². The van der Waals surface area contributed by atoms with Crippen LogP contribution in [-0.4, -0.2) is 0 Å². The Balaban J connectivity index is 1.15. The van der Waals surface area contributed by atoms with Gasteiger partial charge in [0.2, 0.25) is 0 Å². The molecule has 0 aromatic heterocycles. The molecule has 0 aliphatic carbocycles. The summed E-state index contributed by atoms with van der Waals surface area (Å²) in [6.07, 6.45) is 0. The summed E-state index contributed by atoms with van der Waals surface area (Å²) in [7, 11) is -1.59. The van der Waals surface area contributed by atoms with Crippen molar-refractivity contribution in [3.05, 3.63) is 230 Å². The van der Waals surface area contributed by atoms with E-state index in [9.17, 15) is 0 Å². The van der Waals surface area contributed by atoms with Gasteiger partial charge in [-0.25, -0.2) is 0 Å². The van der Waals surface area contributed by atoms with Gasteiger partial charge in [-0.05, 0) is 70.4 Å². The van der Waals surface area contributed by atoms with Crippen LogP contribution in [0.25, 0.3) is 11.1 Å². The van der Waals surface area contributed by atoms with E-state index in [1.165, 1.54) is 31.8 Å². The third-order valence-corrected chi connectivity index (χ3v) is 14.4. The van der Waals surface area contributed by atoms with Crippen molar-refractivity contribution < 1.29 is 9.47 Å². The van der Waals surface area contributed by atoms with E-state index in [4.69, 9.17) is 9.47 Å². The molecule has 8 aromatic carbocycles. The summed E-state index contributed by atoms with van der Waals surface area (Å²) in [4.78, 5) is 0. The average molecular weight is 735 g/mol. The van der Waals surface area contributed by atoms with E-state index in [0.29, 0.717) is 13.2 Å². The zero-order valence-corrected chi connectivity index (χ0v) is 31.7.